The monoisotopic (exact) mass is 342 g/mol. The zero-order chi connectivity index (χ0) is 11.9. The first-order valence-electron chi connectivity index (χ1n) is 5.70. The Morgan fingerprint density at radius 3 is 2.12 bits per heavy atom. The minimum absolute atomic E-state index is 0. The van der Waals surface area contributed by atoms with Crippen LogP contribution in [-0.2, 0) is 0 Å². The van der Waals surface area contributed by atoms with Crippen molar-refractivity contribution in [3.05, 3.63) is 0 Å². The van der Waals surface area contributed by atoms with E-state index in [1.165, 1.54) is 0 Å². The standard InChI is InChI=1S/C11H26N4.HI/c1-6-15(7-2)10(12)13-8-9-14-11(3,4)5;/h14H,6-9H2,1-5H3,(H2,12,13);1H. The molecule has 0 aromatic carbocycles. The molecule has 16 heavy (non-hydrogen) atoms. The summed E-state index contributed by atoms with van der Waals surface area (Å²) >= 11 is 0. The van der Waals surface area contributed by atoms with Crippen molar-refractivity contribution in [3.63, 3.8) is 0 Å². The van der Waals surface area contributed by atoms with E-state index in [2.05, 4.69) is 49.8 Å². The molecule has 3 N–H and O–H groups in total. The first kappa shape index (κ1) is 18.3. The highest BCUT2D eigenvalue weighted by Gasteiger charge is 2.07. The minimum Gasteiger partial charge on any atom is -0.370 e. The van der Waals surface area contributed by atoms with E-state index in [-0.39, 0.29) is 29.5 Å². The molecule has 0 saturated carbocycles. The van der Waals surface area contributed by atoms with Crippen molar-refractivity contribution in [1.82, 2.24) is 10.2 Å². The normalized spacial score (nSPS) is 12.2. The number of rotatable bonds is 5. The molecule has 0 atom stereocenters. The Balaban J connectivity index is 0. The first-order chi connectivity index (χ1) is 6.90. The fraction of sp³-hybridized carbons (Fsp3) is 0.909. The summed E-state index contributed by atoms with van der Waals surface area (Å²) in [5.74, 6) is 0.649. The molecule has 0 bridgehead atoms. The van der Waals surface area contributed by atoms with Gasteiger partial charge < -0.3 is 16.0 Å². The Morgan fingerprint density at radius 1 is 1.25 bits per heavy atom. The molecule has 0 spiro atoms. The Morgan fingerprint density at radius 2 is 1.75 bits per heavy atom. The summed E-state index contributed by atoms with van der Waals surface area (Å²) in [6.45, 7) is 14.0. The van der Waals surface area contributed by atoms with Crippen LogP contribution in [0, 0.1) is 0 Å². The van der Waals surface area contributed by atoms with Crippen LogP contribution in [0.2, 0.25) is 0 Å². The topological polar surface area (TPSA) is 53.6 Å². The lowest BCUT2D eigenvalue weighted by Crippen LogP contribution is -2.39. The summed E-state index contributed by atoms with van der Waals surface area (Å²) < 4.78 is 0. The SMILES string of the molecule is CCN(CC)C(N)=NCCNC(C)(C)C.I. The molecule has 0 heterocycles. The minimum atomic E-state index is 0. The van der Waals surface area contributed by atoms with Crippen LogP contribution in [0.25, 0.3) is 0 Å². The number of nitrogens with two attached hydrogens (primary N) is 1. The lowest BCUT2D eigenvalue weighted by Gasteiger charge is -2.21. The quantitative estimate of drug-likeness (QED) is 0.346. The maximum absolute atomic E-state index is 5.84. The van der Waals surface area contributed by atoms with Crippen LogP contribution in [0.15, 0.2) is 4.99 Å². The third-order valence-electron chi connectivity index (χ3n) is 2.13. The van der Waals surface area contributed by atoms with Gasteiger partial charge in [-0.1, -0.05) is 0 Å². The maximum Gasteiger partial charge on any atom is 0.191 e. The van der Waals surface area contributed by atoms with Gasteiger partial charge in [-0.15, -0.1) is 24.0 Å². The number of hydrogen-bond donors (Lipinski definition) is 2. The van der Waals surface area contributed by atoms with Gasteiger partial charge in [0.1, 0.15) is 0 Å². The molecule has 0 aliphatic carbocycles. The molecule has 0 amide bonds. The predicted octanol–water partition coefficient (Wildman–Crippen LogP) is 1.65. The van der Waals surface area contributed by atoms with Crippen molar-refractivity contribution in [3.8, 4) is 0 Å². The second kappa shape index (κ2) is 9.04. The molecule has 4 nitrogen and oxygen atoms in total. The van der Waals surface area contributed by atoms with Crippen LogP contribution >= 0.6 is 24.0 Å². The van der Waals surface area contributed by atoms with E-state index >= 15 is 0 Å². The van der Waals surface area contributed by atoms with Crippen molar-refractivity contribution >= 4 is 29.9 Å². The Kier molecular flexibility index (Phi) is 10.4. The van der Waals surface area contributed by atoms with Gasteiger partial charge in [0.15, 0.2) is 5.96 Å². The molecule has 0 saturated heterocycles. The number of aliphatic imine (C=N–C) groups is 1. The summed E-state index contributed by atoms with van der Waals surface area (Å²) in [5, 5.41) is 3.37. The zero-order valence-electron chi connectivity index (χ0n) is 11.2. The largest absolute Gasteiger partial charge is 0.370 e. The van der Waals surface area contributed by atoms with Crippen LogP contribution in [0.1, 0.15) is 34.6 Å². The molecular weight excluding hydrogens is 315 g/mol. The summed E-state index contributed by atoms with van der Waals surface area (Å²) in [6, 6.07) is 0. The van der Waals surface area contributed by atoms with Gasteiger partial charge in [-0.2, -0.15) is 0 Å². The van der Waals surface area contributed by atoms with E-state index in [9.17, 15) is 0 Å². The summed E-state index contributed by atoms with van der Waals surface area (Å²) in [7, 11) is 0. The van der Waals surface area contributed by atoms with Gasteiger partial charge in [-0.3, -0.25) is 4.99 Å². The average Bonchev–Trinajstić information content (AvgIpc) is 2.13. The van der Waals surface area contributed by atoms with E-state index in [0.717, 1.165) is 26.2 Å². The molecular formula is C11H27IN4. The summed E-state index contributed by atoms with van der Waals surface area (Å²) in [4.78, 5) is 6.38. The Hall–Kier alpha value is -0.0400. The van der Waals surface area contributed by atoms with Crippen molar-refractivity contribution in [2.75, 3.05) is 26.2 Å². The van der Waals surface area contributed by atoms with E-state index in [1.54, 1.807) is 0 Å². The van der Waals surface area contributed by atoms with Gasteiger partial charge in [0.25, 0.3) is 0 Å². The van der Waals surface area contributed by atoms with E-state index < -0.39 is 0 Å². The zero-order valence-corrected chi connectivity index (χ0v) is 13.5. The van der Waals surface area contributed by atoms with Crippen LogP contribution in [0.4, 0.5) is 0 Å². The third-order valence-corrected chi connectivity index (χ3v) is 2.13. The number of hydrogen-bond acceptors (Lipinski definition) is 2. The molecule has 0 fully saturated rings. The lowest BCUT2D eigenvalue weighted by molar-refractivity contribution is 0.429. The number of nitrogens with zero attached hydrogens (tertiary/aromatic N) is 2. The van der Waals surface area contributed by atoms with Gasteiger partial charge >= 0.3 is 0 Å². The fourth-order valence-electron chi connectivity index (χ4n) is 1.25. The van der Waals surface area contributed by atoms with Crippen LogP contribution in [0.5, 0.6) is 0 Å². The molecule has 0 aromatic heterocycles. The maximum atomic E-state index is 5.84. The molecule has 98 valence electrons. The predicted molar refractivity (Wildman–Crippen MR) is 82.6 cm³/mol. The van der Waals surface area contributed by atoms with Gasteiger partial charge in [0.05, 0.1) is 6.54 Å². The third kappa shape index (κ3) is 9.21. The lowest BCUT2D eigenvalue weighted by atomic mass is 10.1. The van der Waals surface area contributed by atoms with E-state index in [0.29, 0.717) is 5.96 Å². The molecule has 0 aliphatic rings. The molecule has 0 aliphatic heterocycles. The molecule has 0 unspecified atom stereocenters. The highest BCUT2D eigenvalue weighted by Crippen LogP contribution is 1.96. The van der Waals surface area contributed by atoms with Gasteiger partial charge in [0, 0.05) is 25.2 Å². The Bertz CT molecular complexity index is 195. The first-order valence-corrected chi connectivity index (χ1v) is 5.70. The summed E-state index contributed by atoms with van der Waals surface area (Å²) in [5.41, 5.74) is 5.99. The number of nitrogens with one attached hydrogen (secondary N) is 1. The molecule has 0 rings (SSSR count). The summed E-state index contributed by atoms with van der Waals surface area (Å²) in [6.07, 6.45) is 0. The average molecular weight is 342 g/mol. The van der Waals surface area contributed by atoms with Crippen molar-refractivity contribution in [2.24, 2.45) is 10.7 Å². The molecule has 0 radical (unpaired) electrons. The van der Waals surface area contributed by atoms with Crippen LogP contribution in [0.3, 0.4) is 0 Å². The highest BCUT2D eigenvalue weighted by atomic mass is 127. The van der Waals surface area contributed by atoms with E-state index in [1.807, 2.05) is 0 Å². The number of guanidine groups is 1. The second-order valence-corrected chi connectivity index (χ2v) is 4.59. The van der Waals surface area contributed by atoms with Crippen molar-refractivity contribution in [2.45, 2.75) is 40.2 Å². The number of halogens is 1. The second-order valence-electron chi connectivity index (χ2n) is 4.59. The van der Waals surface area contributed by atoms with Crippen LogP contribution < -0.4 is 11.1 Å². The smallest absolute Gasteiger partial charge is 0.191 e. The molecule has 5 heteroatoms. The van der Waals surface area contributed by atoms with Crippen molar-refractivity contribution < 1.29 is 0 Å². The van der Waals surface area contributed by atoms with Gasteiger partial charge in [-0.25, -0.2) is 0 Å². The van der Waals surface area contributed by atoms with E-state index in [4.69, 9.17) is 5.73 Å². The van der Waals surface area contributed by atoms with Crippen LogP contribution in [-0.4, -0.2) is 42.6 Å². The fourth-order valence-corrected chi connectivity index (χ4v) is 1.25. The van der Waals surface area contributed by atoms with Crippen molar-refractivity contribution in [1.29, 1.82) is 0 Å². The van der Waals surface area contributed by atoms with Gasteiger partial charge in [-0.05, 0) is 34.6 Å². The Labute approximate surface area is 117 Å². The molecule has 0 aromatic rings. The highest BCUT2D eigenvalue weighted by molar-refractivity contribution is 14.0. The van der Waals surface area contributed by atoms with Gasteiger partial charge in [0.2, 0.25) is 0 Å².